The van der Waals surface area contributed by atoms with Crippen molar-refractivity contribution in [2.75, 3.05) is 20.3 Å². The fourth-order valence-electron chi connectivity index (χ4n) is 3.79. The third-order valence-electron chi connectivity index (χ3n) is 5.56. The van der Waals surface area contributed by atoms with Gasteiger partial charge in [0.15, 0.2) is 0 Å². The molecular formula is C26H25ClN2O4S. The van der Waals surface area contributed by atoms with Crippen molar-refractivity contribution in [1.29, 1.82) is 0 Å². The lowest BCUT2D eigenvalue weighted by Crippen LogP contribution is -2.31. The second-order valence-corrected chi connectivity index (χ2v) is 9.33. The normalized spacial score (nSPS) is 14.9. The van der Waals surface area contributed by atoms with Gasteiger partial charge in [-0.3, -0.25) is 14.5 Å². The van der Waals surface area contributed by atoms with Gasteiger partial charge in [-0.05, 0) is 85.3 Å². The Kier molecular flexibility index (Phi) is 7.46. The van der Waals surface area contributed by atoms with E-state index in [2.05, 4.69) is 4.57 Å². The van der Waals surface area contributed by atoms with Gasteiger partial charge in [0, 0.05) is 29.2 Å². The van der Waals surface area contributed by atoms with Gasteiger partial charge < -0.3 is 14.0 Å². The van der Waals surface area contributed by atoms with Gasteiger partial charge in [0.05, 0.1) is 18.1 Å². The molecule has 3 aromatic rings. The van der Waals surface area contributed by atoms with E-state index in [4.69, 9.17) is 21.1 Å². The molecule has 0 saturated carbocycles. The summed E-state index contributed by atoms with van der Waals surface area (Å²) in [7, 11) is 1.54. The molecule has 0 N–H and O–H groups in total. The first-order valence-corrected chi connectivity index (χ1v) is 12.0. The Hall–Kier alpha value is -3.00. The molecule has 6 nitrogen and oxygen atoms in total. The number of amides is 2. The van der Waals surface area contributed by atoms with Gasteiger partial charge in [-0.25, -0.2) is 0 Å². The van der Waals surface area contributed by atoms with Crippen LogP contribution in [0.2, 0.25) is 5.02 Å². The van der Waals surface area contributed by atoms with Gasteiger partial charge in [-0.15, -0.1) is 0 Å². The summed E-state index contributed by atoms with van der Waals surface area (Å²) in [5.41, 5.74) is 4.94. The van der Waals surface area contributed by atoms with Crippen LogP contribution in [-0.4, -0.2) is 40.9 Å². The minimum atomic E-state index is -0.279. The lowest BCUT2D eigenvalue weighted by Gasteiger charge is -2.12. The van der Waals surface area contributed by atoms with Gasteiger partial charge in [0.2, 0.25) is 0 Å². The van der Waals surface area contributed by atoms with Crippen molar-refractivity contribution >= 4 is 40.6 Å². The number of carbonyl (C=O) groups excluding carboxylic acids is 2. The molecule has 2 heterocycles. The Morgan fingerprint density at radius 2 is 1.74 bits per heavy atom. The minimum absolute atomic E-state index is 0.254. The zero-order valence-corrected chi connectivity index (χ0v) is 20.8. The molecule has 0 bridgehead atoms. The number of benzene rings is 2. The van der Waals surface area contributed by atoms with Crippen LogP contribution in [0.3, 0.4) is 0 Å². The Morgan fingerprint density at radius 1 is 1.03 bits per heavy atom. The summed E-state index contributed by atoms with van der Waals surface area (Å²) >= 11 is 6.89. The van der Waals surface area contributed by atoms with E-state index in [1.807, 2.05) is 68.4 Å². The van der Waals surface area contributed by atoms with Crippen molar-refractivity contribution in [2.45, 2.75) is 20.5 Å². The summed E-state index contributed by atoms with van der Waals surface area (Å²) in [5, 5.41) is 0.433. The quantitative estimate of drug-likeness (QED) is 0.357. The topological polar surface area (TPSA) is 60.8 Å². The monoisotopic (exact) mass is 496 g/mol. The van der Waals surface area contributed by atoms with E-state index < -0.39 is 0 Å². The highest BCUT2D eigenvalue weighted by Crippen LogP contribution is 2.33. The Morgan fingerprint density at radius 3 is 2.41 bits per heavy atom. The summed E-state index contributed by atoms with van der Waals surface area (Å²) in [5.74, 6) is 0.491. The van der Waals surface area contributed by atoms with Crippen molar-refractivity contribution < 1.29 is 19.1 Å². The minimum Gasteiger partial charge on any atom is -0.489 e. The number of ether oxygens (including phenoxy) is 2. The molecule has 1 saturated heterocycles. The molecule has 34 heavy (non-hydrogen) atoms. The molecule has 2 aromatic carbocycles. The van der Waals surface area contributed by atoms with E-state index in [0.717, 1.165) is 45.7 Å². The fraction of sp³-hybridized carbons (Fsp3) is 0.231. The molecule has 8 heteroatoms. The molecule has 1 aromatic heterocycles. The maximum Gasteiger partial charge on any atom is 0.293 e. The van der Waals surface area contributed by atoms with Crippen LogP contribution >= 0.6 is 23.4 Å². The lowest BCUT2D eigenvalue weighted by molar-refractivity contribution is -0.123. The van der Waals surface area contributed by atoms with E-state index in [1.54, 1.807) is 13.2 Å². The number of carbonyl (C=O) groups is 2. The van der Waals surface area contributed by atoms with Crippen LogP contribution in [0.15, 0.2) is 59.5 Å². The third-order valence-corrected chi connectivity index (χ3v) is 6.72. The van der Waals surface area contributed by atoms with Crippen LogP contribution in [-0.2, 0) is 16.1 Å². The number of aryl methyl sites for hydroxylation is 1. The molecule has 1 aliphatic heterocycles. The van der Waals surface area contributed by atoms with E-state index >= 15 is 0 Å². The molecule has 0 aliphatic carbocycles. The smallest absolute Gasteiger partial charge is 0.293 e. The van der Waals surface area contributed by atoms with Crippen molar-refractivity contribution in [2.24, 2.45) is 0 Å². The first-order valence-electron chi connectivity index (χ1n) is 10.8. The number of methoxy groups -OCH3 is 1. The van der Waals surface area contributed by atoms with Crippen LogP contribution in [0.4, 0.5) is 4.79 Å². The summed E-state index contributed by atoms with van der Waals surface area (Å²) in [6.45, 7) is 5.05. The first kappa shape index (κ1) is 24.1. The Labute approximate surface area is 208 Å². The highest BCUT2D eigenvalue weighted by atomic mass is 35.5. The number of rotatable bonds is 8. The first-order chi connectivity index (χ1) is 16.4. The predicted molar refractivity (Wildman–Crippen MR) is 136 cm³/mol. The summed E-state index contributed by atoms with van der Waals surface area (Å²) in [6.07, 6.45) is 1.79. The molecule has 2 amide bonds. The van der Waals surface area contributed by atoms with Crippen molar-refractivity contribution in [3.8, 4) is 11.4 Å². The maximum atomic E-state index is 12.7. The second kappa shape index (κ2) is 10.5. The summed E-state index contributed by atoms with van der Waals surface area (Å²) in [4.78, 5) is 26.5. The number of nitrogens with zero attached hydrogens (tertiary/aromatic N) is 2. The van der Waals surface area contributed by atoms with E-state index in [-0.39, 0.29) is 17.7 Å². The van der Waals surface area contributed by atoms with Gasteiger partial charge >= 0.3 is 0 Å². The molecular weight excluding hydrogens is 472 g/mol. The molecule has 1 fully saturated rings. The van der Waals surface area contributed by atoms with E-state index in [0.29, 0.717) is 23.1 Å². The number of halogens is 1. The maximum absolute atomic E-state index is 12.7. The predicted octanol–water partition coefficient (Wildman–Crippen LogP) is 6.01. The zero-order valence-electron chi connectivity index (χ0n) is 19.2. The molecule has 0 atom stereocenters. The van der Waals surface area contributed by atoms with Crippen LogP contribution in [0.1, 0.15) is 22.5 Å². The van der Waals surface area contributed by atoms with E-state index in [9.17, 15) is 9.59 Å². The Bertz CT molecular complexity index is 1230. The van der Waals surface area contributed by atoms with Gasteiger partial charge in [0.1, 0.15) is 12.4 Å². The number of hydrogen-bond donors (Lipinski definition) is 0. The molecule has 4 rings (SSSR count). The van der Waals surface area contributed by atoms with Crippen molar-refractivity contribution in [1.82, 2.24) is 9.47 Å². The number of thioether (sulfide) groups is 1. The Balaban J connectivity index is 1.50. The third kappa shape index (κ3) is 5.22. The van der Waals surface area contributed by atoms with Gasteiger partial charge in [0.25, 0.3) is 11.1 Å². The molecule has 176 valence electrons. The molecule has 0 radical (unpaired) electrons. The lowest BCUT2D eigenvalue weighted by atomic mass is 10.2. The average molecular weight is 497 g/mol. The zero-order chi connectivity index (χ0) is 24.2. The van der Waals surface area contributed by atoms with Gasteiger partial charge in [-0.1, -0.05) is 23.7 Å². The highest BCUT2D eigenvalue weighted by Gasteiger charge is 2.34. The largest absolute Gasteiger partial charge is 0.489 e. The fourth-order valence-corrected chi connectivity index (χ4v) is 4.77. The number of aromatic nitrogens is 1. The molecule has 1 aliphatic rings. The summed E-state index contributed by atoms with van der Waals surface area (Å²) < 4.78 is 13.0. The van der Waals surface area contributed by atoms with Crippen molar-refractivity contribution in [3.63, 3.8) is 0 Å². The molecule has 0 spiro atoms. The van der Waals surface area contributed by atoms with Gasteiger partial charge in [-0.2, -0.15) is 0 Å². The number of imide groups is 1. The van der Waals surface area contributed by atoms with E-state index in [1.165, 1.54) is 4.90 Å². The number of hydrogen-bond acceptors (Lipinski definition) is 5. The average Bonchev–Trinajstić information content (AvgIpc) is 3.26. The SMILES string of the molecule is COCCN1C(=O)S/C(=C/c2cc(C)n(-c3ccc(OCc4ccc(Cl)cc4)cc3)c2C)C1=O. The van der Waals surface area contributed by atoms with Crippen LogP contribution in [0.25, 0.3) is 11.8 Å². The standard InChI is InChI=1S/C26H25ClN2O4S/c1-17-14-20(15-24-25(30)28(12-13-32-3)26(31)34-24)18(2)29(17)22-8-10-23(11-9-22)33-16-19-4-6-21(27)7-5-19/h4-11,14-15H,12-13,16H2,1-3H3/b24-15+. The highest BCUT2D eigenvalue weighted by molar-refractivity contribution is 8.18. The van der Waals surface area contributed by atoms with Crippen LogP contribution < -0.4 is 4.74 Å². The van der Waals surface area contributed by atoms with Crippen LogP contribution in [0, 0.1) is 13.8 Å². The summed E-state index contributed by atoms with van der Waals surface area (Å²) in [6, 6.07) is 17.5. The second-order valence-electron chi connectivity index (χ2n) is 7.90. The van der Waals surface area contributed by atoms with Crippen LogP contribution in [0.5, 0.6) is 5.75 Å². The molecule has 0 unspecified atom stereocenters. The van der Waals surface area contributed by atoms with Crippen molar-refractivity contribution in [3.05, 3.63) is 87.0 Å².